The van der Waals surface area contributed by atoms with E-state index in [0.29, 0.717) is 17.5 Å². The van der Waals surface area contributed by atoms with Crippen LogP contribution in [0.25, 0.3) is 5.95 Å². The van der Waals surface area contributed by atoms with Crippen molar-refractivity contribution in [3.8, 4) is 17.8 Å². The maximum Gasteiger partial charge on any atom is 0.255 e. The molecule has 0 unspecified atom stereocenters. The van der Waals surface area contributed by atoms with E-state index in [-0.39, 0.29) is 5.91 Å². The minimum absolute atomic E-state index is 0.113. The monoisotopic (exact) mass is 399 g/mol. The zero-order chi connectivity index (χ0) is 20.7. The van der Waals surface area contributed by atoms with Crippen LogP contribution in [0.15, 0.2) is 42.9 Å². The molecule has 0 radical (unpaired) electrons. The van der Waals surface area contributed by atoms with Crippen molar-refractivity contribution in [3.63, 3.8) is 0 Å². The Morgan fingerprint density at radius 1 is 1.17 bits per heavy atom. The van der Waals surface area contributed by atoms with E-state index in [9.17, 15) is 4.79 Å². The number of aromatic nitrogens is 5. The number of carbonyl (C=O) groups is 1. The quantitative estimate of drug-likeness (QED) is 0.615. The molecular weight excluding hydrogens is 378 g/mol. The van der Waals surface area contributed by atoms with Gasteiger partial charge in [0, 0.05) is 19.2 Å². The van der Waals surface area contributed by atoms with Crippen LogP contribution in [0, 0.1) is 11.8 Å². The highest BCUT2D eigenvalue weighted by Gasteiger charge is 2.52. The predicted octanol–water partition coefficient (Wildman–Crippen LogP) is 2.18. The fourth-order valence-electron chi connectivity index (χ4n) is 4.37. The second kappa shape index (κ2) is 6.95. The summed E-state index contributed by atoms with van der Waals surface area (Å²) in [6.45, 7) is 2.86. The van der Waals surface area contributed by atoms with Crippen molar-refractivity contribution in [1.29, 1.82) is 0 Å². The first kappa shape index (κ1) is 18.3. The fraction of sp³-hybridized carbons (Fsp3) is 0.318. The Morgan fingerprint density at radius 2 is 2.00 bits per heavy atom. The first-order valence-electron chi connectivity index (χ1n) is 10.0. The van der Waals surface area contributed by atoms with Crippen LogP contribution in [-0.2, 0) is 4.79 Å². The van der Waals surface area contributed by atoms with Crippen molar-refractivity contribution in [2.45, 2.75) is 31.7 Å². The molecule has 1 atom stereocenters. The van der Waals surface area contributed by atoms with Gasteiger partial charge in [0.2, 0.25) is 5.82 Å². The summed E-state index contributed by atoms with van der Waals surface area (Å²) in [7, 11) is 1.80. The highest BCUT2D eigenvalue weighted by atomic mass is 16.2. The van der Waals surface area contributed by atoms with Gasteiger partial charge in [-0.15, -0.1) is 0 Å². The third kappa shape index (κ3) is 2.66. The molecule has 1 aromatic carbocycles. The summed E-state index contributed by atoms with van der Waals surface area (Å²) in [5.41, 5.74) is 1.08. The SMILES string of the molecule is CC[C@@]12CCCN1c1nc(-n3ncnc3C#Cc3ccccc3)ncc1N(C)C2=O. The molecule has 0 N–H and O–H groups in total. The van der Waals surface area contributed by atoms with Gasteiger partial charge in [-0.05, 0) is 37.3 Å². The second-order valence-electron chi connectivity index (χ2n) is 7.49. The first-order valence-corrected chi connectivity index (χ1v) is 10.0. The van der Waals surface area contributed by atoms with E-state index in [4.69, 9.17) is 4.98 Å². The molecule has 2 aromatic heterocycles. The minimum atomic E-state index is -0.522. The molecule has 2 aliphatic heterocycles. The van der Waals surface area contributed by atoms with E-state index in [1.165, 1.54) is 11.0 Å². The Hall–Kier alpha value is -3.73. The Kier molecular flexibility index (Phi) is 4.24. The largest absolute Gasteiger partial charge is 0.340 e. The Balaban J connectivity index is 1.57. The van der Waals surface area contributed by atoms with Gasteiger partial charge in [-0.1, -0.05) is 31.0 Å². The van der Waals surface area contributed by atoms with E-state index in [1.54, 1.807) is 18.1 Å². The maximum absolute atomic E-state index is 13.1. The zero-order valence-corrected chi connectivity index (χ0v) is 16.9. The van der Waals surface area contributed by atoms with Gasteiger partial charge in [0.1, 0.15) is 17.6 Å². The molecule has 3 aromatic rings. The Bertz CT molecular complexity index is 1180. The van der Waals surface area contributed by atoms with Gasteiger partial charge < -0.3 is 9.80 Å². The van der Waals surface area contributed by atoms with Gasteiger partial charge in [0.25, 0.3) is 11.9 Å². The molecular formula is C22H21N7O. The normalized spacial score (nSPS) is 19.9. The van der Waals surface area contributed by atoms with E-state index >= 15 is 0 Å². The summed E-state index contributed by atoms with van der Waals surface area (Å²) >= 11 is 0. The Labute approximate surface area is 174 Å². The molecule has 2 aliphatic rings. The van der Waals surface area contributed by atoms with Gasteiger partial charge in [-0.2, -0.15) is 14.8 Å². The minimum Gasteiger partial charge on any atom is -0.340 e. The molecule has 8 heteroatoms. The predicted molar refractivity (Wildman–Crippen MR) is 112 cm³/mol. The van der Waals surface area contributed by atoms with Crippen LogP contribution in [0.2, 0.25) is 0 Å². The number of anilines is 2. The van der Waals surface area contributed by atoms with Crippen LogP contribution in [-0.4, -0.2) is 49.8 Å². The van der Waals surface area contributed by atoms with E-state index in [2.05, 4.69) is 38.7 Å². The van der Waals surface area contributed by atoms with Crippen molar-refractivity contribution in [2.75, 3.05) is 23.4 Å². The summed E-state index contributed by atoms with van der Waals surface area (Å²) < 4.78 is 1.54. The molecule has 0 saturated carbocycles. The molecule has 5 rings (SSSR count). The second-order valence-corrected chi connectivity index (χ2v) is 7.49. The first-order chi connectivity index (χ1) is 14.6. The summed E-state index contributed by atoms with van der Waals surface area (Å²) in [5, 5.41) is 4.28. The zero-order valence-electron chi connectivity index (χ0n) is 16.9. The van der Waals surface area contributed by atoms with Crippen molar-refractivity contribution < 1.29 is 4.79 Å². The number of likely N-dealkylation sites (N-methyl/N-ethyl adjacent to an activating group) is 1. The molecule has 1 fully saturated rings. The standard InChI is InChI=1S/C22H21N7O/c1-3-22-12-7-13-28(22)19-17(27(2)20(22)30)14-23-21(26-19)29-18(24-15-25-29)11-10-16-8-5-4-6-9-16/h4-6,8-9,14-15H,3,7,12-13H2,1-2H3/t22-/m0/s1. The van der Waals surface area contributed by atoms with Gasteiger partial charge >= 0.3 is 0 Å². The van der Waals surface area contributed by atoms with E-state index in [1.807, 2.05) is 30.3 Å². The average molecular weight is 399 g/mol. The van der Waals surface area contributed by atoms with Crippen LogP contribution in [0.3, 0.4) is 0 Å². The molecule has 0 bridgehead atoms. The topological polar surface area (TPSA) is 80.0 Å². The number of nitrogens with zero attached hydrogens (tertiary/aromatic N) is 7. The van der Waals surface area contributed by atoms with Crippen LogP contribution in [0.5, 0.6) is 0 Å². The van der Waals surface area contributed by atoms with Gasteiger partial charge in [-0.25, -0.2) is 9.97 Å². The van der Waals surface area contributed by atoms with Crippen LogP contribution in [0.1, 0.15) is 37.6 Å². The smallest absolute Gasteiger partial charge is 0.255 e. The number of fused-ring (bicyclic) bond motifs is 3. The van der Waals surface area contributed by atoms with Gasteiger partial charge in [-0.3, -0.25) is 4.79 Å². The average Bonchev–Trinajstić information content (AvgIpc) is 3.44. The number of carbonyl (C=O) groups excluding carboxylic acids is 1. The number of rotatable bonds is 2. The maximum atomic E-state index is 13.1. The molecule has 0 spiro atoms. The molecule has 150 valence electrons. The summed E-state index contributed by atoms with van der Waals surface area (Å²) in [5.74, 6) is 7.87. The molecule has 0 aliphatic carbocycles. The molecule has 1 saturated heterocycles. The third-order valence-corrected chi connectivity index (χ3v) is 5.96. The van der Waals surface area contributed by atoms with Crippen molar-refractivity contribution in [2.24, 2.45) is 0 Å². The Morgan fingerprint density at radius 3 is 2.80 bits per heavy atom. The van der Waals surface area contributed by atoms with Gasteiger partial charge in [0.15, 0.2) is 5.82 Å². The third-order valence-electron chi connectivity index (χ3n) is 5.96. The summed E-state index contributed by atoms with van der Waals surface area (Å²) in [4.78, 5) is 30.4. The highest BCUT2D eigenvalue weighted by molar-refractivity contribution is 6.07. The molecule has 4 heterocycles. The highest BCUT2D eigenvalue weighted by Crippen LogP contribution is 2.45. The van der Waals surface area contributed by atoms with Crippen molar-refractivity contribution >= 4 is 17.4 Å². The van der Waals surface area contributed by atoms with E-state index in [0.717, 1.165) is 37.2 Å². The van der Waals surface area contributed by atoms with Crippen molar-refractivity contribution in [3.05, 3.63) is 54.2 Å². The lowest BCUT2D eigenvalue weighted by atomic mass is 9.89. The van der Waals surface area contributed by atoms with E-state index < -0.39 is 5.54 Å². The summed E-state index contributed by atoms with van der Waals surface area (Å²) in [6.07, 6.45) is 5.67. The lowest BCUT2D eigenvalue weighted by molar-refractivity contribution is -0.123. The molecule has 8 nitrogen and oxygen atoms in total. The number of amides is 1. The lowest BCUT2D eigenvalue weighted by Gasteiger charge is -2.45. The van der Waals surface area contributed by atoms with Crippen LogP contribution >= 0.6 is 0 Å². The number of benzene rings is 1. The van der Waals surface area contributed by atoms with Crippen LogP contribution in [0.4, 0.5) is 11.5 Å². The summed E-state index contributed by atoms with van der Waals surface area (Å²) in [6, 6.07) is 9.71. The number of hydrogen-bond acceptors (Lipinski definition) is 6. The number of hydrogen-bond donors (Lipinski definition) is 0. The molecule has 1 amide bonds. The molecule has 30 heavy (non-hydrogen) atoms. The van der Waals surface area contributed by atoms with Crippen LogP contribution < -0.4 is 9.80 Å². The fourth-order valence-corrected chi connectivity index (χ4v) is 4.37. The van der Waals surface area contributed by atoms with Gasteiger partial charge in [0.05, 0.1) is 6.20 Å². The van der Waals surface area contributed by atoms with Crippen molar-refractivity contribution in [1.82, 2.24) is 24.7 Å². The lowest BCUT2D eigenvalue weighted by Crippen LogP contribution is -2.59.